The van der Waals surface area contributed by atoms with Gasteiger partial charge in [0.15, 0.2) is 5.84 Å². The molecule has 0 saturated carbocycles. The molecule has 7 heteroatoms. The molecule has 4 N–H and O–H groups in total. The maximum Gasteiger partial charge on any atom is 0.181 e. The molecule has 1 aromatic carbocycles. The molecular formula is C16H17IN6. The molecular weight excluding hydrogens is 403 g/mol. The van der Waals surface area contributed by atoms with E-state index >= 15 is 0 Å². The minimum atomic E-state index is 0.499. The van der Waals surface area contributed by atoms with E-state index in [1.807, 2.05) is 52.9 Å². The van der Waals surface area contributed by atoms with Crippen molar-refractivity contribution < 1.29 is 0 Å². The predicted octanol–water partition coefficient (Wildman–Crippen LogP) is 3.76. The Labute approximate surface area is 148 Å². The van der Waals surface area contributed by atoms with Crippen LogP contribution in [0.1, 0.15) is 11.1 Å². The van der Waals surface area contributed by atoms with Gasteiger partial charge < -0.3 is 11.5 Å². The number of amidine groups is 1. The van der Waals surface area contributed by atoms with Crippen molar-refractivity contribution in [2.24, 2.45) is 21.1 Å². The lowest BCUT2D eigenvalue weighted by Crippen LogP contribution is -2.22. The van der Waals surface area contributed by atoms with Gasteiger partial charge in [-0.05, 0) is 45.9 Å². The molecule has 0 aliphatic carbocycles. The van der Waals surface area contributed by atoms with Crippen LogP contribution in [0.3, 0.4) is 0 Å². The highest BCUT2D eigenvalue weighted by molar-refractivity contribution is 14.1. The molecule has 0 spiro atoms. The van der Waals surface area contributed by atoms with Crippen molar-refractivity contribution in [1.29, 1.82) is 0 Å². The van der Waals surface area contributed by atoms with Crippen LogP contribution >= 0.6 is 22.6 Å². The van der Waals surface area contributed by atoms with Gasteiger partial charge in [-0.25, -0.2) is 10.0 Å². The molecule has 0 amide bonds. The number of benzene rings is 1. The van der Waals surface area contributed by atoms with Crippen molar-refractivity contribution in [3.05, 3.63) is 70.2 Å². The summed E-state index contributed by atoms with van der Waals surface area (Å²) >= 11 is 2.03. The molecule has 0 saturated heterocycles. The Morgan fingerprint density at radius 1 is 1.43 bits per heavy atom. The Hall–Kier alpha value is -2.42. The molecule has 118 valence electrons. The molecule has 0 aromatic heterocycles. The molecule has 1 aromatic rings. The summed E-state index contributed by atoms with van der Waals surface area (Å²) in [5.41, 5.74) is 14.7. The first-order valence-corrected chi connectivity index (χ1v) is 7.85. The van der Waals surface area contributed by atoms with Crippen LogP contribution < -0.4 is 11.5 Å². The van der Waals surface area contributed by atoms with Crippen LogP contribution in [0.25, 0.3) is 6.08 Å². The van der Waals surface area contributed by atoms with Crippen molar-refractivity contribution in [2.45, 2.75) is 6.54 Å². The molecule has 1 aliphatic heterocycles. The molecule has 0 bridgehead atoms. The normalized spacial score (nSPS) is 17.5. The predicted molar refractivity (Wildman–Crippen MR) is 103 cm³/mol. The first-order valence-electron chi connectivity index (χ1n) is 6.77. The Bertz CT molecular complexity index is 745. The van der Waals surface area contributed by atoms with Gasteiger partial charge in [0.05, 0.1) is 10.2 Å². The minimum Gasteiger partial charge on any atom is -0.403 e. The Balaban J connectivity index is 2.28. The number of aliphatic imine (C=N–C) groups is 1. The number of halogens is 1. The number of nitrogen functional groups attached to an aromatic ring is 1. The number of allylic oxidation sites excluding steroid dienone is 2. The van der Waals surface area contributed by atoms with Crippen LogP contribution in [0.5, 0.6) is 0 Å². The lowest BCUT2D eigenvalue weighted by Gasteiger charge is -2.14. The van der Waals surface area contributed by atoms with Gasteiger partial charge in [0, 0.05) is 11.9 Å². The van der Waals surface area contributed by atoms with E-state index < -0.39 is 0 Å². The van der Waals surface area contributed by atoms with Gasteiger partial charge in [-0.3, -0.25) is 0 Å². The Kier molecular flexibility index (Phi) is 5.69. The van der Waals surface area contributed by atoms with Gasteiger partial charge in [0.25, 0.3) is 0 Å². The first-order chi connectivity index (χ1) is 11.0. The molecule has 0 atom stereocenters. The minimum absolute atomic E-state index is 0.499. The van der Waals surface area contributed by atoms with Gasteiger partial charge in [0.2, 0.25) is 0 Å². The van der Waals surface area contributed by atoms with Crippen molar-refractivity contribution in [2.75, 3.05) is 5.73 Å². The third-order valence-electron chi connectivity index (χ3n) is 3.01. The SMILES string of the molecule is C=C/C=C\c1cc(CN2N=NC(=C/N)/C2=N\C(=C)I)ccc1N. The highest BCUT2D eigenvalue weighted by atomic mass is 127. The Morgan fingerprint density at radius 2 is 2.22 bits per heavy atom. The number of anilines is 1. The number of nitrogens with zero attached hydrogens (tertiary/aromatic N) is 4. The number of rotatable bonds is 5. The van der Waals surface area contributed by atoms with Crippen LogP contribution in [0.2, 0.25) is 0 Å². The summed E-state index contributed by atoms with van der Waals surface area (Å²) in [5.74, 6) is 0.576. The first kappa shape index (κ1) is 16.9. The fourth-order valence-corrected chi connectivity index (χ4v) is 2.21. The highest BCUT2D eigenvalue weighted by Crippen LogP contribution is 2.23. The molecule has 0 radical (unpaired) electrons. The summed E-state index contributed by atoms with van der Waals surface area (Å²) in [6, 6.07) is 5.79. The fraction of sp³-hybridized carbons (Fsp3) is 0.0625. The van der Waals surface area contributed by atoms with Crippen LogP contribution in [-0.2, 0) is 6.54 Å². The van der Waals surface area contributed by atoms with E-state index in [9.17, 15) is 0 Å². The van der Waals surface area contributed by atoms with Crippen LogP contribution in [-0.4, -0.2) is 10.8 Å². The maximum atomic E-state index is 5.97. The second kappa shape index (κ2) is 7.73. The summed E-state index contributed by atoms with van der Waals surface area (Å²) in [6.07, 6.45) is 6.83. The summed E-state index contributed by atoms with van der Waals surface area (Å²) in [7, 11) is 0. The maximum absolute atomic E-state index is 5.97. The number of hydrogen-bond donors (Lipinski definition) is 2. The lowest BCUT2D eigenvalue weighted by molar-refractivity contribution is 0.433. The van der Waals surface area contributed by atoms with Gasteiger partial charge >= 0.3 is 0 Å². The van der Waals surface area contributed by atoms with E-state index in [-0.39, 0.29) is 0 Å². The van der Waals surface area contributed by atoms with E-state index in [1.165, 1.54) is 6.20 Å². The summed E-state index contributed by atoms with van der Waals surface area (Å²) in [4.78, 5) is 4.34. The van der Waals surface area contributed by atoms with Crippen molar-refractivity contribution >= 4 is 40.2 Å². The van der Waals surface area contributed by atoms with Crippen molar-refractivity contribution in [3.8, 4) is 0 Å². The zero-order chi connectivity index (χ0) is 16.8. The molecule has 1 aliphatic rings. The van der Waals surface area contributed by atoms with Crippen LogP contribution in [0.15, 0.2) is 74.4 Å². The van der Waals surface area contributed by atoms with E-state index in [1.54, 1.807) is 11.1 Å². The second-order valence-electron chi connectivity index (χ2n) is 4.67. The molecule has 2 rings (SSSR count). The molecule has 23 heavy (non-hydrogen) atoms. The standard InChI is InChI=1S/C16H17IN6/c1-3-4-5-13-8-12(6-7-14(13)19)10-23-16(20-11(2)17)15(9-18)21-22-23/h3-9H,1-2,10,18-19H2/b5-4-,15-9+,20-16+. The Morgan fingerprint density at radius 3 is 2.87 bits per heavy atom. The molecule has 0 unspecified atom stereocenters. The van der Waals surface area contributed by atoms with E-state index in [0.29, 0.717) is 27.5 Å². The van der Waals surface area contributed by atoms with E-state index in [0.717, 1.165) is 11.1 Å². The second-order valence-corrected chi connectivity index (χ2v) is 5.91. The van der Waals surface area contributed by atoms with Gasteiger partial charge in [-0.2, -0.15) is 0 Å². The monoisotopic (exact) mass is 420 g/mol. The third kappa shape index (κ3) is 4.28. The molecule has 0 fully saturated rings. The van der Waals surface area contributed by atoms with E-state index in [4.69, 9.17) is 11.5 Å². The number of hydrogen-bond acceptors (Lipinski definition) is 5. The zero-order valence-electron chi connectivity index (χ0n) is 12.5. The molecule has 1 heterocycles. The van der Waals surface area contributed by atoms with Gasteiger partial charge in [-0.15, -0.1) is 5.11 Å². The largest absolute Gasteiger partial charge is 0.403 e. The van der Waals surface area contributed by atoms with Gasteiger partial charge in [-0.1, -0.05) is 42.7 Å². The summed E-state index contributed by atoms with van der Waals surface area (Å²) in [5, 5.41) is 9.79. The topological polar surface area (TPSA) is 92.4 Å². The quantitative estimate of drug-likeness (QED) is 0.329. The summed E-state index contributed by atoms with van der Waals surface area (Å²) < 4.78 is 0.626. The lowest BCUT2D eigenvalue weighted by atomic mass is 10.1. The number of nitrogens with two attached hydrogens (primary N) is 2. The fourth-order valence-electron chi connectivity index (χ4n) is 1.98. The van der Waals surface area contributed by atoms with Crippen molar-refractivity contribution in [1.82, 2.24) is 5.01 Å². The van der Waals surface area contributed by atoms with E-state index in [2.05, 4.69) is 28.5 Å². The third-order valence-corrected chi connectivity index (χ3v) is 3.26. The summed E-state index contributed by atoms with van der Waals surface area (Å²) in [6.45, 7) is 7.93. The average Bonchev–Trinajstić information content (AvgIpc) is 2.89. The zero-order valence-corrected chi connectivity index (χ0v) is 14.6. The average molecular weight is 420 g/mol. The van der Waals surface area contributed by atoms with Gasteiger partial charge in [0.1, 0.15) is 5.70 Å². The smallest absolute Gasteiger partial charge is 0.181 e. The van der Waals surface area contributed by atoms with Crippen LogP contribution in [0, 0.1) is 0 Å². The molecule has 6 nitrogen and oxygen atoms in total. The van der Waals surface area contributed by atoms with Crippen LogP contribution in [0.4, 0.5) is 5.69 Å². The highest BCUT2D eigenvalue weighted by Gasteiger charge is 2.22. The van der Waals surface area contributed by atoms with Crippen molar-refractivity contribution in [3.63, 3.8) is 0 Å².